The van der Waals surface area contributed by atoms with Gasteiger partial charge in [-0.1, -0.05) is 13.8 Å². The van der Waals surface area contributed by atoms with Gasteiger partial charge < -0.3 is 9.88 Å². The number of fused-ring (bicyclic) bond motifs is 1. The van der Waals surface area contributed by atoms with Crippen molar-refractivity contribution < 1.29 is 0 Å². The lowest BCUT2D eigenvalue weighted by Crippen LogP contribution is -2.28. The van der Waals surface area contributed by atoms with Crippen molar-refractivity contribution in [1.82, 2.24) is 19.9 Å². The zero-order chi connectivity index (χ0) is 12.0. The first-order chi connectivity index (χ1) is 8.07. The Kier molecular flexibility index (Phi) is 2.11. The molecule has 5 nitrogen and oxygen atoms in total. The third-order valence-electron chi connectivity index (χ3n) is 3.45. The summed E-state index contributed by atoms with van der Waals surface area (Å²) in [6.07, 6.45) is 4.46. The second kappa shape index (κ2) is 3.42. The van der Waals surface area contributed by atoms with Crippen LogP contribution < -0.4 is 4.90 Å². The van der Waals surface area contributed by atoms with Crippen molar-refractivity contribution in [2.75, 3.05) is 11.4 Å². The summed E-state index contributed by atoms with van der Waals surface area (Å²) in [4.78, 5) is 18.2. The Labute approximate surface area is 100 Å². The summed E-state index contributed by atoms with van der Waals surface area (Å²) in [6.45, 7) is 7.88. The van der Waals surface area contributed by atoms with Crippen LogP contribution in [0.15, 0.2) is 12.7 Å². The van der Waals surface area contributed by atoms with E-state index in [1.54, 1.807) is 12.7 Å². The quantitative estimate of drug-likeness (QED) is 0.815. The van der Waals surface area contributed by atoms with Gasteiger partial charge in [-0.2, -0.15) is 0 Å². The fourth-order valence-corrected chi connectivity index (χ4v) is 2.85. The van der Waals surface area contributed by atoms with Gasteiger partial charge in [-0.25, -0.2) is 15.0 Å². The van der Waals surface area contributed by atoms with Crippen molar-refractivity contribution in [1.29, 1.82) is 0 Å². The van der Waals surface area contributed by atoms with E-state index < -0.39 is 0 Å². The highest BCUT2D eigenvalue weighted by Crippen LogP contribution is 2.37. The molecular formula is C12H17N5. The molecule has 1 fully saturated rings. The summed E-state index contributed by atoms with van der Waals surface area (Å²) in [5.41, 5.74) is 2.03. The molecule has 5 heteroatoms. The molecule has 2 aromatic rings. The third-order valence-corrected chi connectivity index (χ3v) is 3.45. The van der Waals surface area contributed by atoms with Gasteiger partial charge in [0.2, 0.25) is 0 Å². The van der Waals surface area contributed by atoms with Gasteiger partial charge in [-0.05, 0) is 18.8 Å². The summed E-state index contributed by atoms with van der Waals surface area (Å²) in [5, 5.41) is 0. The fraction of sp³-hybridized carbons (Fsp3) is 0.583. The number of aromatic nitrogens is 4. The number of rotatable bonds is 1. The van der Waals surface area contributed by atoms with Crippen molar-refractivity contribution in [3.8, 4) is 0 Å². The molecule has 0 aliphatic carbocycles. The normalized spacial score (nSPS) is 23.5. The van der Waals surface area contributed by atoms with Crippen molar-refractivity contribution >= 4 is 17.0 Å². The maximum Gasteiger partial charge on any atom is 0.182 e. The second-order valence-corrected chi connectivity index (χ2v) is 5.64. The van der Waals surface area contributed by atoms with Crippen LogP contribution in [0.5, 0.6) is 0 Å². The van der Waals surface area contributed by atoms with E-state index in [0.29, 0.717) is 11.5 Å². The number of hydrogen-bond donors (Lipinski definition) is 1. The van der Waals surface area contributed by atoms with Gasteiger partial charge in [0.05, 0.1) is 6.33 Å². The molecule has 90 valence electrons. The zero-order valence-corrected chi connectivity index (χ0v) is 10.4. The second-order valence-electron chi connectivity index (χ2n) is 5.64. The summed E-state index contributed by atoms with van der Waals surface area (Å²) in [7, 11) is 0. The minimum atomic E-state index is 0.344. The largest absolute Gasteiger partial charge is 0.351 e. The molecule has 3 rings (SSSR count). The van der Waals surface area contributed by atoms with Crippen LogP contribution in [0.2, 0.25) is 0 Å². The van der Waals surface area contributed by atoms with Crippen LogP contribution in [0.1, 0.15) is 27.2 Å². The first-order valence-electron chi connectivity index (χ1n) is 5.97. The monoisotopic (exact) mass is 231 g/mol. The molecule has 1 unspecified atom stereocenters. The van der Waals surface area contributed by atoms with Gasteiger partial charge in [0.15, 0.2) is 11.5 Å². The molecule has 3 heterocycles. The van der Waals surface area contributed by atoms with Gasteiger partial charge in [-0.3, -0.25) is 0 Å². The maximum atomic E-state index is 4.42. The minimum absolute atomic E-state index is 0.344. The van der Waals surface area contributed by atoms with Crippen LogP contribution in [0.4, 0.5) is 5.82 Å². The van der Waals surface area contributed by atoms with Crippen LogP contribution in [-0.2, 0) is 0 Å². The topological polar surface area (TPSA) is 57.7 Å². The van der Waals surface area contributed by atoms with E-state index in [0.717, 1.165) is 23.5 Å². The van der Waals surface area contributed by atoms with E-state index in [1.165, 1.54) is 6.42 Å². The van der Waals surface area contributed by atoms with E-state index in [2.05, 4.69) is 45.6 Å². The Balaban J connectivity index is 2.07. The number of imidazole rings is 1. The van der Waals surface area contributed by atoms with Crippen molar-refractivity contribution in [3.05, 3.63) is 12.7 Å². The van der Waals surface area contributed by atoms with Gasteiger partial charge in [0, 0.05) is 12.6 Å². The molecule has 0 aromatic carbocycles. The number of aromatic amines is 1. The average Bonchev–Trinajstić information content (AvgIpc) is 2.81. The lowest BCUT2D eigenvalue weighted by Gasteiger charge is -2.23. The molecule has 2 aromatic heterocycles. The molecule has 17 heavy (non-hydrogen) atoms. The maximum absolute atomic E-state index is 4.42. The van der Waals surface area contributed by atoms with E-state index in [1.807, 2.05) is 0 Å². The first-order valence-corrected chi connectivity index (χ1v) is 5.97. The van der Waals surface area contributed by atoms with E-state index in [4.69, 9.17) is 0 Å². The van der Waals surface area contributed by atoms with Gasteiger partial charge in [0.25, 0.3) is 0 Å². The SMILES string of the molecule is CC1CC(C)(C)CN1c1ncnc2nc[nH]c12. The Morgan fingerprint density at radius 3 is 2.88 bits per heavy atom. The van der Waals surface area contributed by atoms with Crippen molar-refractivity contribution in [2.45, 2.75) is 33.2 Å². The Morgan fingerprint density at radius 2 is 2.18 bits per heavy atom. The molecular weight excluding hydrogens is 214 g/mol. The van der Waals surface area contributed by atoms with E-state index >= 15 is 0 Å². The summed E-state index contributed by atoms with van der Waals surface area (Å²) >= 11 is 0. The van der Waals surface area contributed by atoms with Gasteiger partial charge in [-0.15, -0.1) is 0 Å². The summed E-state index contributed by atoms with van der Waals surface area (Å²) < 4.78 is 0. The molecule has 0 radical (unpaired) electrons. The number of nitrogens with one attached hydrogen (secondary N) is 1. The van der Waals surface area contributed by atoms with Crippen LogP contribution in [0.25, 0.3) is 11.2 Å². The number of H-pyrrole nitrogens is 1. The predicted octanol–water partition coefficient (Wildman–Crippen LogP) is 1.98. The van der Waals surface area contributed by atoms with Crippen LogP contribution >= 0.6 is 0 Å². The van der Waals surface area contributed by atoms with Crippen LogP contribution in [0.3, 0.4) is 0 Å². The third kappa shape index (κ3) is 1.66. The Morgan fingerprint density at radius 1 is 1.35 bits per heavy atom. The lowest BCUT2D eigenvalue weighted by atomic mass is 9.91. The van der Waals surface area contributed by atoms with E-state index in [9.17, 15) is 0 Å². The van der Waals surface area contributed by atoms with Gasteiger partial charge >= 0.3 is 0 Å². The average molecular weight is 231 g/mol. The predicted molar refractivity (Wildman–Crippen MR) is 66.9 cm³/mol. The van der Waals surface area contributed by atoms with Crippen LogP contribution in [0, 0.1) is 5.41 Å². The standard InChI is InChI=1S/C12H17N5/c1-8-4-12(2,3)5-17(8)11-9-10(14-6-13-9)15-7-16-11/h6-8H,4-5H2,1-3H3,(H,13,14,15,16). The van der Waals surface area contributed by atoms with Crippen molar-refractivity contribution in [3.63, 3.8) is 0 Å². The Hall–Kier alpha value is -1.65. The lowest BCUT2D eigenvalue weighted by molar-refractivity contribution is 0.406. The molecule has 1 atom stereocenters. The molecule has 0 saturated carbocycles. The number of anilines is 1. The first kappa shape index (κ1) is 10.5. The Bertz CT molecular complexity index is 545. The highest BCUT2D eigenvalue weighted by atomic mass is 15.3. The molecule has 0 bridgehead atoms. The van der Waals surface area contributed by atoms with E-state index in [-0.39, 0.29) is 0 Å². The highest BCUT2D eigenvalue weighted by Gasteiger charge is 2.36. The molecule has 1 saturated heterocycles. The molecule has 0 amide bonds. The smallest absolute Gasteiger partial charge is 0.182 e. The van der Waals surface area contributed by atoms with Gasteiger partial charge in [0.1, 0.15) is 11.8 Å². The highest BCUT2D eigenvalue weighted by molar-refractivity contribution is 5.83. The molecule has 1 aliphatic rings. The van der Waals surface area contributed by atoms with Crippen LogP contribution in [-0.4, -0.2) is 32.5 Å². The van der Waals surface area contributed by atoms with Crippen molar-refractivity contribution in [2.24, 2.45) is 5.41 Å². The molecule has 1 aliphatic heterocycles. The summed E-state index contributed by atoms with van der Waals surface area (Å²) in [5.74, 6) is 0.977. The number of nitrogens with zero attached hydrogens (tertiary/aromatic N) is 4. The zero-order valence-electron chi connectivity index (χ0n) is 10.4. The minimum Gasteiger partial charge on any atom is -0.351 e. The number of hydrogen-bond acceptors (Lipinski definition) is 4. The molecule has 1 N–H and O–H groups in total. The fourth-order valence-electron chi connectivity index (χ4n) is 2.85. The summed E-state index contributed by atoms with van der Waals surface area (Å²) in [6, 6.07) is 0.506. The molecule has 0 spiro atoms.